The van der Waals surface area contributed by atoms with Crippen molar-refractivity contribution < 1.29 is 10.2 Å². The van der Waals surface area contributed by atoms with E-state index in [-0.39, 0.29) is 19.3 Å². The van der Waals surface area contributed by atoms with Crippen molar-refractivity contribution in [2.75, 3.05) is 7.05 Å². The summed E-state index contributed by atoms with van der Waals surface area (Å²) in [6.07, 6.45) is 10.4. The van der Waals surface area contributed by atoms with E-state index in [0.717, 1.165) is 21.6 Å². The van der Waals surface area contributed by atoms with Crippen LogP contribution in [0.3, 0.4) is 0 Å². The molecule has 1 aliphatic carbocycles. The first kappa shape index (κ1) is 12.2. The summed E-state index contributed by atoms with van der Waals surface area (Å²) in [5.41, 5.74) is 2.92. The summed E-state index contributed by atoms with van der Waals surface area (Å²) in [7, 11) is 2.04. The molecule has 1 aliphatic heterocycles. The third-order valence-corrected chi connectivity index (χ3v) is 3.76. The third kappa shape index (κ3) is 1.91. The molecule has 98 valence electrons. The maximum Gasteiger partial charge on any atom is 0.0727 e. The molecule has 3 nitrogen and oxygen atoms in total. The molecule has 2 N–H and O–H groups in total. The van der Waals surface area contributed by atoms with Crippen LogP contribution in [0.2, 0.25) is 0 Å². The summed E-state index contributed by atoms with van der Waals surface area (Å²) in [5, 5.41) is 21.1. The molecule has 0 spiro atoms. The van der Waals surface area contributed by atoms with Crippen LogP contribution < -0.4 is 10.4 Å². The minimum atomic E-state index is -0.0159. The van der Waals surface area contributed by atoms with Crippen LogP contribution in [0.5, 0.6) is 0 Å². The zero-order valence-corrected chi connectivity index (χ0v) is 10.9. The highest BCUT2D eigenvalue weighted by atomic mass is 16.3. The molecule has 0 bridgehead atoms. The Balaban J connectivity index is 2.39. The van der Waals surface area contributed by atoms with Gasteiger partial charge in [-0.05, 0) is 28.0 Å². The maximum atomic E-state index is 9.53. The van der Waals surface area contributed by atoms with Crippen LogP contribution in [0, 0.1) is 0 Å². The minimum Gasteiger partial charge on any atom is -0.392 e. The van der Waals surface area contributed by atoms with Gasteiger partial charge < -0.3 is 15.1 Å². The molecule has 0 fully saturated rings. The van der Waals surface area contributed by atoms with Crippen LogP contribution in [-0.2, 0) is 13.2 Å². The highest BCUT2D eigenvalue weighted by Gasteiger charge is 2.20. The van der Waals surface area contributed by atoms with Gasteiger partial charge in [-0.25, -0.2) is 0 Å². The number of allylic oxidation sites excluding steroid dienone is 2. The van der Waals surface area contributed by atoms with Gasteiger partial charge in [-0.1, -0.05) is 30.4 Å². The fraction of sp³-hybridized carbons (Fsp3) is 0.250. The SMILES string of the molecule is CN1C=c2c(CO)cc(CO)cc2=C2C=CC=CC21. The first-order chi connectivity index (χ1) is 9.24. The van der Waals surface area contributed by atoms with Gasteiger partial charge in [-0.3, -0.25) is 0 Å². The first-order valence-corrected chi connectivity index (χ1v) is 6.41. The molecule has 0 radical (unpaired) electrons. The predicted octanol–water partition coefficient (Wildman–Crippen LogP) is -0.000100. The van der Waals surface area contributed by atoms with E-state index in [4.69, 9.17) is 0 Å². The number of benzene rings is 1. The Morgan fingerprint density at radius 3 is 2.74 bits per heavy atom. The average molecular weight is 255 g/mol. The van der Waals surface area contributed by atoms with Crippen molar-refractivity contribution >= 4 is 11.8 Å². The molecule has 1 aromatic carbocycles. The van der Waals surface area contributed by atoms with E-state index in [1.165, 1.54) is 5.57 Å². The van der Waals surface area contributed by atoms with Crippen molar-refractivity contribution in [3.05, 3.63) is 58.0 Å². The molecular formula is C16H17NO2. The van der Waals surface area contributed by atoms with Crippen LogP contribution in [0.15, 0.2) is 36.4 Å². The topological polar surface area (TPSA) is 43.7 Å². The van der Waals surface area contributed by atoms with E-state index >= 15 is 0 Å². The van der Waals surface area contributed by atoms with Gasteiger partial charge in [0.25, 0.3) is 0 Å². The van der Waals surface area contributed by atoms with Gasteiger partial charge in [0.05, 0.1) is 19.3 Å². The molecule has 0 aromatic heterocycles. The molecule has 0 amide bonds. The normalized spacial score (nSPS) is 20.1. The fourth-order valence-electron chi connectivity index (χ4n) is 2.81. The van der Waals surface area contributed by atoms with Crippen molar-refractivity contribution in [3.63, 3.8) is 0 Å². The molecular weight excluding hydrogens is 238 g/mol. The second-order valence-electron chi connectivity index (χ2n) is 4.97. The second-order valence-corrected chi connectivity index (χ2v) is 4.97. The smallest absolute Gasteiger partial charge is 0.0727 e. The number of hydrogen-bond acceptors (Lipinski definition) is 3. The Morgan fingerprint density at radius 2 is 2.00 bits per heavy atom. The van der Waals surface area contributed by atoms with Crippen LogP contribution in [0.25, 0.3) is 11.8 Å². The summed E-state index contributed by atoms with van der Waals surface area (Å²) in [6, 6.07) is 4.12. The Labute approximate surface area is 112 Å². The van der Waals surface area contributed by atoms with Gasteiger partial charge in [0.1, 0.15) is 0 Å². The zero-order chi connectivity index (χ0) is 13.4. The van der Waals surface area contributed by atoms with Crippen LogP contribution in [0.1, 0.15) is 11.1 Å². The van der Waals surface area contributed by atoms with Gasteiger partial charge in [0.15, 0.2) is 0 Å². The molecule has 1 aromatic rings. The minimum absolute atomic E-state index is 0.00633. The van der Waals surface area contributed by atoms with Crippen molar-refractivity contribution in [1.82, 2.24) is 4.90 Å². The van der Waals surface area contributed by atoms with Crippen LogP contribution in [0.4, 0.5) is 0 Å². The van der Waals surface area contributed by atoms with Gasteiger partial charge in [-0.2, -0.15) is 0 Å². The third-order valence-electron chi connectivity index (χ3n) is 3.76. The van der Waals surface area contributed by atoms with Crippen LogP contribution in [-0.4, -0.2) is 28.2 Å². The van der Waals surface area contributed by atoms with E-state index in [9.17, 15) is 10.2 Å². The molecule has 1 unspecified atom stereocenters. The van der Waals surface area contributed by atoms with Crippen molar-refractivity contribution in [2.45, 2.75) is 19.3 Å². The number of likely N-dealkylation sites (N-methyl/N-ethyl adjacent to an activating group) is 1. The number of hydrogen-bond donors (Lipinski definition) is 2. The average Bonchev–Trinajstić information content (AvgIpc) is 2.47. The molecule has 1 heterocycles. The lowest BCUT2D eigenvalue weighted by Crippen LogP contribution is -2.44. The van der Waals surface area contributed by atoms with E-state index in [1.54, 1.807) is 0 Å². The van der Waals surface area contributed by atoms with E-state index in [1.807, 2.05) is 31.3 Å². The highest BCUT2D eigenvalue weighted by molar-refractivity contribution is 5.70. The monoisotopic (exact) mass is 255 g/mol. The van der Waals surface area contributed by atoms with E-state index < -0.39 is 0 Å². The van der Waals surface area contributed by atoms with Gasteiger partial charge in [0, 0.05) is 18.5 Å². The zero-order valence-electron chi connectivity index (χ0n) is 10.9. The summed E-state index contributed by atoms with van der Waals surface area (Å²) in [5.74, 6) is 0. The summed E-state index contributed by atoms with van der Waals surface area (Å²) < 4.78 is 0. The van der Waals surface area contributed by atoms with Gasteiger partial charge in [0.2, 0.25) is 0 Å². The Bertz CT molecular complexity index is 685. The van der Waals surface area contributed by atoms with Crippen molar-refractivity contribution in [3.8, 4) is 0 Å². The molecule has 2 aliphatic rings. The lowest BCUT2D eigenvalue weighted by molar-refractivity contribution is 0.274. The largest absolute Gasteiger partial charge is 0.392 e. The predicted molar refractivity (Wildman–Crippen MR) is 75.2 cm³/mol. The molecule has 0 saturated carbocycles. The van der Waals surface area contributed by atoms with Crippen LogP contribution >= 0.6 is 0 Å². The molecule has 0 saturated heterocycles. The number of rotatable bonds is 2. The molecule has 19 heavy (non-hydrogen) atoms. The van der Waals surface area contributed by atoms with Crippen molar-refractivity contribution in [1.29, 1.82) is 0 Å². The summed E-state index contributed by atoms with van der Waals surface area (Å²) in [4.78, 5) is 2.15. The summed E-state index contributed by atoms with van der Waals surface area (Å²) in [6.45, 7) is -0.0222. The quantitative estimate of drug-likeness (QED) is 0.782. The Morgan fingerprint density at radius 1 is 1.16 bits per heavy atom. The van der Waals surface area contributed by atoms with E-state index in [2.05, 4.69) is 23.3 Å². The number of fused-ring (bicyclic) bond motifs is 2. The van der Waals surface area contributed by atoms with Gasteiger partial charge in [-0.15, -0.1) is 0 Å². The van der Waals surface area contributed by atoms with Crippen molar-refractivity contribution in [2.24, 2.45) is 0 Å². The molecule has 3 heteroatoms. The molecule has 1 atom stereocenters. The lowest BCUT2D eigenvalue weighted by Gasteiger charge is -2.30. The number of aliphatic hydroxyl groups is 2. The maximum absolute atomic E-state index is 9.53. The fourth-order valence-corrected chi connectivity index (χ4v) is 2.81. The van der Waals surface area contributed by atoms with Gasteiger partial charge >= 0.3 is 0 Å². The number of aliphatic hydroxyl groups excluding tert-OH is 2. The second kappa shape index (κ2) is 4.68. The first-order valence-electron chi connectivity index (χ1n) is 6.41. The Hall–Kier alpha value is -1.84. The Kier molecular flexibility index (Phi) is 3.01. The molecule has 3 rings (SSSR count). The standard InChI is InChI=1S/C16H17NO2/c1-17-8-15-12(10-19)6-11(9-18)7-14(15)13-4-2-3-5-16(13)17/h2-8,16,18-19H,9-10H2,1H3. The summed E-state index contributed by atoms with van der Waals surface area (Å²) >= 11 is 0. The van der Waals surface area contributed by atoms with E-state index in [0.29, 0.717) is 0 Å². The highest BCUT2D eigenvalue weighted by Crippen LogP contribution is 2.19. The number of nitrogens with zero attached hydrogens (tertiary/aromatic N) is 1. The lowest BCUT2D eigenvalue weighted by atomic mass is 9.92.